The molecule has 0 bridgehead atoms. The molecular weight excluding hydrogens is 270 g/mol. The number of hydrogen-bond donors (Lipinski definition) is 2. The van der Waals surface area contributed by atoms with E-state index in [9.17, 15) is 5.11 Å². The molecule has 0 spiro atoms. The maximum absolute atomic E-state index is 9.30. The average molecular weight is 297 g/mol. The fourth-order valence-corrected chi connectivity index (χ4v) is 1.92. The first-order valence-corrected chi connectivity index (χ1v) is 7.38. The van der Waals surface area contributed by atoms with Crippen molar-refractivity contribution < 1.29 is 19.3 Å². The minimum Gasteiger partial charge on any atom is -0.493 e. The van der Waals surface area contributed by atoms with Crippen molar-refractivity contribution in [3.05, 3.63) is 17.7 Å². The number of aliphatic hydroxyl groups is 1. The third-order valence-corrected chi connectivity index (χ3v) is 3.06. The molecule has 0 amide bonds. The SMILES string of the molecule is CCCNCc1cc(OC)c(OCCC(C)O)c(OC)c1. The summed E-state index contributed by atoms with van der Waals surface area (Å²) in [5.41, 5.74) is 1.08. The molecule has 0 radical (unpaired) electrons. The third kappa shape index (κ3) is 5.81. The van der Waals surface area contributed by atoms with Crippen LogP contribution in [0.5, 0.6) is 17.2 Å². The monoisotopic (exact) mass is 297 g/mol. The zero-order valence-corrected chi connectivity index (χ0v) is 13.4. The second-order valence-electron chi connectivity index (χ2n) is 4.99. The van der Waals surface area contributed by atoms with Crippen molar-refractivity contribution in [1.29, 1.82) is 0 Å². The second kappa shape index (κ2) is 9.47. The minimum atomic E-state index is -0.389. The van der Waals surface area contributed by atoms with Crippen molar-refractivity contribution in [2.24, 2.45) is 0 Å². The van der Waals surface area contributed by atoms with Crippen molar-refractivity contribution in [2.45, 2.75) is 39.3 Å². The fourth-order valence-electron chi connectivity index (χ4n) is 1.92. The highest BCUT2D eigenvalue weighted by Gasteiger charge is 2.14. The van der Waals surface area contributed by atoms with Crippen LogP contribution in [-0.4, -0.2) is 38.6 Å². The number of ether oxygens (including phenoxy) is 3. The van der Waals surface area contributed by atoms with Crippen LogP contribution in [0.15, 0.2) is 12.1 Å². The molecule has 1 rings (SSSR count). The van der Waals surface area contributed by atoms with Crippen molar-refractivity contribution >= 4 is 0 Å². The Labute approximate surface area is 127 Å². The number of rotatable bonds is 10. The highest BCUT2D eigenvalue weighted by Crippen LogP contribution is 2.38. The van der Waals surface area contributed by atoms with Gasteiger partial charge in [0.1, 0.15) is 0 Å². The Hall–Kier alpha value is -1.46. The Morgan fingerprint density at radius 1 is 1.19 bits per heavy atom. The molecule has 1 aromatic rings. The van der Waals surface area contributed by atoms with Gasteiger partial charge < -0.3 is 24.6 Å². The van der Waals surface area contributed by atoms with E-state index in [-0.39, 0.29) is 6.10 Å². The highest BCUT2D eigenvalue weighted by atomic mass is 16.5. The molecule has 1 aromatic carbocycles. The predicted molar refractivity (Wildman–Crippen MR) is 83.3 cm³/mol. The second-order valence-corrected chi connectivity index (χ2v) is 4.99. The lowest BCUT2D eigenvalue weighted by Crippen LogP contribution is -2.14. The molecule has 0 heterocycles. The maximum Gasteiger partial charge on any atom is 0.203 e. The lowest BCUT2D eigenvalue weighted by molar-refractivity contribution is 0.152. The molecule has 2 N–H and O–H groups in total. The minimum absolute atomic E-state index is 0.389. The Bertz CT molecular complexity index is 396. The van der Waals surface area contributed by atoms with Crippen LogP contribution in [0.1, 0.15) is 32.3 Å². The summed E-state index contributed by atoms with van der Waals surface area (Å²) in [5, 5.41) is 12.6. The molecule has 5 nitrogen and oxygen atoms in total. The zero-order valence-electron chi connectivity index (χ0n) is 13.4. The van der Waals surface area contributed by atoms with Gasteiger partial charge in [0.15, 0.2) is 11.5 Å². The Morgan fingerprint density at radius 3 is 2.29 bits per heavy atom. The van der Waals surface area contributed by atoms with Gasteiger partial charge in [-0.1, -0.05) is 6.92 Å². The molecule has 0 fully saturated rings. The summed E-state index contributed by atoms with van der Waals surface area (Å²) in [7, 11) is 3.22. The van der Waals surface area contributed by atoms with Crippen molar-refractivity contribution in [3.63, 3.8) is 0 Å². The lowest BCUT2D eigenvalue weighted by atomic mass is 10.1. The van der Waals surface area contributed by atoms with Crippen LogP contribution in [0.4, 0.5) is 0 Å². The van der Waals surface area contributed by atoms with E-state index in [1.165, 1.54) is 0 Å². The van der Waals surface area contributed by atoms with E-state index in [0.29, 0.717) is 30.3 Å². The fraction of sp³-hybridized carbons (Fsp3) is 0.625. The van der Waals surface area contributed by atoms with Gasteiger partial charge in [-0.2, -0.15) is 0 Å². The predicted octanol–water partition coefficient (Wildman–Crippen LogP) is 2.35. The molecule has 0 aliphatic carbocycles. The van der Waals surface area contributed by atoms with E-state index in [0.717, 1.165) is 25.1 Å². The van der Waals surface area contributed by atoms with Gasteiger partial charge in [0.2, 0.25) is 5.75 Å². The molecule has 1 unspecified atom stereocenters. The van der Waals surface area contributed by atoms with Crippen LogP contribution < -0.4 is 19.5 Å². The Balaban J connectivity index is 2.85. The first kappa shape index (κ1) is 17.6. The summed E-state index contributed by atoms with van der Waals surface area (Å²) >= 11 is 0. The van der Waals surface area contributed by atoms with Gasteiger partial charge in [0.05, 0.1) is 26.9 Å². The zero-order chi connectivity index (χ0) is 15.7. The summed E-state index contributed by atoms with van der Waals surface area (Å²) in [4.78, 5) is 0. The van der Waals surface area contributed by atoms with Crippen molar-refractivity contribution in [3.8, 4) is 17.2 Å². The van der Waals surface area contributed by atoms with E-state index in [4.69, 9.17) is 14.2 Å². The van der Waals surface area contributed by atoms with E-state index in [1.807, 2.05) is 12.1 Å². The quantitative estimate of drug-likeness (QED) is 0.649. The Morgan fingerprint density at radius 2 is 1.81 bits per heavy atom. The van der Waals surface area contributed by atoms with Crippen LogP contribution in [0.2, 0.25) is 0 Å². The largest absolute Gasteiger partial charge is 0.493 e. The number of nitrogens with one attached hydrogen (secondary N) is 1. The molecule has 0 saturated carbocycles. The first-order valence-electron chi connectivity index (χ1n) is 7.38. The molecule has 0 aromatic heterocycles. The number of hydrogen-bond acceptors (Lipinski definition) is 5. The van der Waals surface area contributed by atoms with Gasteiger partial charge in [-0.3, -0.25) is 0 Å². The molecule has 120 valence electrons. The van der Waals surface area contributed by atoms with Crippen molar-refractivity contribution in [2.75, 3.05) is 27.4 Å². The summed E-state index contributed by atoms with van der Waals surface area (Å²) in [5.74, 6) is 1.88. The molecule has 21 heavy (non-hydrogen) atoms. The van der Waals surface area contributed by atoms with Gasteiger partial charge in [-0.05, 0) is 37.6 Å². The molecule has 0 aliphatic rings. The summed E-state index contributed by atoms with van der Waals surface area (Å²) in [6.45, 7) is 6.01. The molecule has 0 aliphatic heterocycles. The van der Waals surface area contributed by atoms with Gasteiger partial charge in [-0.25, -0.2) is 0 Å². The first-order chi connectivity index (χ1) is 10.1. The van der Waals surface area contributed by atoms with Crippen LogP contribution in [0, 0.1) is 0 Å². The van der Waals surface area contributed by atoms with E-state index in [1.54, 1.807) is 21.1 Å². The lowest BCUT2D eigenvalue weighted by Gasteiger charge is -2.16. The van der Waals surface area contributed by atoms with Crippen LogP contribution in [-0.2, 0) is 6.54 Å². The summed E-state index contributed by atoms with van der Waals surface area (Å²) < 4.78 is 16.5. The highest BCUT2D eigenvalue weighted by molar-refractivity contribution is 5.53. The van der Waals surface area contributed by atoms with Crippen molar-refractivity contribution in [1.82, 2.24) is 5.32 Å². The molecule has 1 atom stereocenters. The number of methoxy groups -OCH3 is 2. The standard InChI is InChI=1S/C16H27NO4/c1-5-7-17-11-13-9-14(19-3)16(15(10-13)20-4)21-8-6-12(2)18/h9-10,12,17-18H,5-8,11H2,1-4H3. The molecule has 5 heteroatoms. The molecular formula is C16H27NO4. The third-order valence-electron chi connectivity index (χ3n) is 3.06. The Kier molecular flexibility index (Phi) is 7.93. The maximum atomic E-state index is 9.30. The smallest absolute Gasteiger partial charge is 0.203 e. The van der Waals surface area contributed by atoms with Gasteiger partial charge >= 0.3 is 0 Å². The van der Waals surface area contributed by atoms with E-state index < -0.39 is 0 Å². The summed E-state index contributed by atoms with van der Waals surface area (Å²) in [6, 6.07) is 3.89. The average Bonchev–Trinajstić information content (AvgIpc) is 2.47. The van der Waals surface area contributed by atoms with Gasteiger partial charge in [-0.15, -0.1) is 0 Å². The van der Waals surface area contributed by atoms with Gasteiger partial charge in [0.25, 0.3) is 0 Å². The van der Waals surface area contributed by atoms with Gasteiger partial charge in [0, 0.05) is 13.0 Å². The molecule has 0 saturated heterocycles. The normalized spacial score (nSPS) is 12.0. The van der Waals surface area contributed by atoms with E-state index >= 15 is 0 Å². The van der Waals surface area contributed by atoms with Crippen LogP contribution in [0.25, 0.3) is 0 Å². The topological polar surface area (TPSA) is 60.0 Å². The van der Waals surface area contributed by atoms with Crippen LogP contribution in [0.3, 0.4) is 0 Å². The van der Waals surface area contributed by atoms with E-state index in [2.05, 4.69) is 12.2 Å². The van der Waals surface area contributed by atoms with Crippen LogP contribution >= 0.6 is 0 Å². The number of aliphatic hydroxyl groups excluding tert-OH is 1. The number of benzene rings is 1. The summed E-state index contributed by atoms with van der Waals surface area (Å²) in [6.07, 6.45) is 1.26.